The smallest absolute Gasteiger partial charge is 0.229 e. The van der Waals surface area contributed by atoms with E-state index >= 15 is 0 Å². The lowest BCUT2D eigenvalue weighted by Gasteiger charge is -2.09. The minimum absolute atomic E-state index is 0.103. The van der Waals surface area contributed by atoms with Crippen molar-refractivity contribution in [2.75, 3.05) is 12.3 Å². The van der Waals surface area contributed by atoms with Crippen LogP contribution in [0, 0.1) is 6.92 Å². The highest BCUT2D eigenvalue weighted by Crippen LogP contribution is 2.20. The zero-order valence-electron chi connectivity index (χ0n) is 9.55. The molecule has 0 aromatic heterocycles. The highest BCUT2D eigenvalue weighted by molar-refractivity contribution is 9.10. The molecule has 102 valence electrons. The fraction of sp³-hybridized carbons (Fsp3) is 0.333. The third kappa shape index (κ3) is 4.65. The number of halogens is 1. The van der Waals surface area contributed by atoms with Gasteiger partial charge in [0.05, 0.1) is 10.6 Å². The second-order valence-electron chi connectivity index (χ2n) is 3.67. The minimum Gasteiger partial charge on any atom is -0.229 e. The van der Waals surface area contributed by atoms with Crippen LogP contribution in [-0.4, -0.2) is 29.1 Å². The fourth-order valence-corrected chi connectivity index (χ4v) is 3.59. The average molecular weight is 357 g/mol. The molecule has 0 saturated heterocycles. The lowest BCUT2D eigenvalue weighted by Crippen LogP contribution is -2.31. The Morgan fingerprint density at radius 1 is 1.28 bits per heavy atom. The molecule has 0 bridgehead atoms. The summed E-state index contributed by atoms with van der Waals surface area (Å²) in [5.41, 5.74) is 0.571. The van der Waals surface area contributed by atoms with Crippen LogP contribution in [0.4, 0.5) is 0 Å². The molecule has 1 aromatic rings. The van der Waals surface area contributed by atoms with Crippen LogP contribution in [0.25, 0.3) is 0 Å². The minimum atomic E-state index is -3.74. The van der Waals surface area contributed by atoms with Gasteiger partial charge in [0, 0.05) is 11.0 Å². The summed E-state index contributed by atoms with van der Waals surface area (Å²) in [6.07, 6.45) is 0. The topological polar surface area (TPSA) is 106 Å². The normalized spacial score (nSPS) is 12.6. The highest BCUT2D eigenvalue weighted by atomic mass is 79.9. The van der Waals surface area contributed by atoms with Gasteiger partial charge in [-0.3, -0.25) is 0 Å². The Morgan fingerprint density at radius 3 is 2.44 bits per heavy atom. The summed E-state index contributed by atoms with van der Waals surface area (Å²) >= 11 is 3.18. The zero-order valence-corrected chi connectivity index (χ0v) is 12.8. The number of rotatable bonds is 5. The van der Waals surface area contributed by atoms with Gasteiger partial charge in [-0.1, -0.05) is 22.0 Å². The molecule has 9 heteroatoms. The number of sulfonamides is 2. The second kappa shape index (κ2) is 5.66. The first-order valence-corrected chi connectivity index (χ1v) is 8.87. The molecule has 0 saturated carbocycles. The molecule has 0 unspecified atom stereocenters. The van der Waals surface area contributed by atoms with E-state index < -0.39 is 25.8 Å². The molecule has 0 amide bonds. The van der Waals surface area contributed by atoms with Gasteiger partial charge in [-0.2, -0.15) is 0 Å². The zero-order chi connectivity index (χ0) is 14.0. The SMILES string of the molecule is Cc1ccc(Br)cc1S(=O)(=O)NCCS(N)(=O)=O. The van der Waals surface area contributed by atoms with Crippen molar-refractivity contribution < 1.29 is 16.8 Å². The van der Waals surface area contributed by atoms with E-state index in [0.29, 0.717) is 10.0 Å². The average Bonchev–Trinajstić information content (AvgIpc) is 2.19. The lowest BCUT2D eigenvalue weighted by molar-refractivity contribution is 0.581. The monoisotopic (exact) mass is 356 g/mol. The maximum absolute atomic E-state index is 11.9. The van der Waals surface area contributed by atoms with Crippen LogP contribution >= 0.6 is 15.9 Å². The standard InChI is InChI=1S/C9H13BrN2O4S2/c1-7-2-3-8(10)6-9(7)18(15,16)12-4-5-17(11,13)14/h2-3,6,12H,4-5H2,1H3,(H2,11,13,14). The molecular formula is C9H13BrN2O4S2. The molecule has 18 heavy (non-hydrogen) atoms. The molecule has 6 nitrogen and oxygen atoms in total. The summed E-state index contributed by atoms with van der Waals surface area (Å²) in [7, 11) is -7.42. The van der Waals surface area contributed by atoms with Crippen molar-refractivity contribution in [3.8, 4) is 0 Å². The Bertz CT molecular complexity index is 641. The molecule has 1 rings (SSSR count). The van der Waals surface area contributed by atoms with Crippen LogP contribution in [0.2, 0.25) is 0 Å². The second-order valence-corrected chi connectivity index (χ2v) is 8.06. The van der Waals surface area contributed by atoms with E-state index in [0.717, 1.165) is 0 Å². The van der Waals surface area contributed by atoms with Gasteiger partial charge in [-0.15, -0.1) is 0 Å². The molecule has 0 aliphatic heterocycles. The van der Waals surface area contributed by atoms with Crippen LogP contribution in [0.3, 0.4) is 0 Å². The Kier molecular flexibility index (Phi) is 4.90. The Balaban J connectivity index is 2.90. The van der Waals surface area contributed by atoms with Crippen LogP contribution in [0.15, 0.2) is 27.6 Å². The van der Waals surface area contributed by atoms with E-state index in [1.54, 1.807) is 19.1 Å². The van der Waals surface area contributed by atoms with Gasteiger partial charge in [-0.05, 0) is 24.6 Å². The molecule has 1 aromatic carbocycles. The molecule has 0 aliphatic rings. The van der Waals surface area contributed by atoms with Crippen LogP contribution in [0.5, 0.6) is 0 Å². The van der Waals surface area contributed by atoms with Gasteiger partial charge >= 0.3 is 0 Å². The first-order chi connectivity index (χ1) is 8.12. The number of nitrogens with one attached hydrogen (secondary N) is 1. The van der Waals surface area contributed by atoms with Crippen molar-refractivity contribution in [3.05, 3.63) is 28.2 Å². The van der Waals surface area contributed by atoms with Gasteiger partial charge in [0.15, 0.2) is 0 Å². The molecule has 0 fully saturated rings. The third-order valence-electron chi connectivity index (χ3n) is 2.12. The molecular weight excluding hydrogens is 344 g/mol. The number of aryl methyl sites for hydroxylation is 1. The lowest BCUT2D eigenvalue weighted by atomic mass is 10.2. The predicted octanol–water partition coefficient (Wildman–Crippen LogP) is 0.324. The summed E-state index contributed by atoms with van der Waals surface area (Å²) in [5.74, 6) is -0.445. The number of benzene rings is 1. The number of primary sulfonamides is 1. The first-order valence-electron chi connectivity index (χ1n) is 4.88. The van der Waals surface area contributed by atoms with Gasteiger partial charge in [0.1, 0.15) is 0 Å². The van der Waals surface area contributed by atoms with E-state index in [1.807, 2.05) is 0 Å². The Labute approximate surface area is 115 Å². The molecule has 0 aliphatic carbocycles. The summed E-state index contributed by atoms with van der Waals surface area (Å²) in [5, 5.41) is 4.79. The third-order valence-corrected chi connectivity index (χ3v) is 4.99. The van der Waals surface area contributed by atoms with Crippen LogP contribution in [-0.2, 0) is 20.0 Å². The van der Waals surface area contributed by atoms with E-state index in [9.17, 15) is 16.8 Å². The van der Waals surface area contributed by atoms with Crippen LogP contribution < -0.4 is 9.86 Å². The Morgan fingerprint density at radius 2 is 1.89 bits per heavy atom. The van der Waals surface area contributed by atoms with E-state index in [4.69, 9.17) is 5.14 Å². The van der Waals surface area contributed by atoms with Crippen molar-refractivity contribution in [3.63, 3.8) is 0 Å². The molecule has 0 spiro atoms. The quantitative estimate of drug-likeness (QED) is 0.792. The van der Waals surface area contributed by atoms with Gasteiger partial charge in [0.25, 0.3) is 0 Å². The van der Waals surface area contributed by atoms with Crippen molar-refractivity contribution in [2.24, 2.45) is 5.14 Å². The molecule has 0 radical (unpaired) electrons. The van der Waals surface area contributed by atoms with Crippen molar-refractivity contribution in [1.29, 1.82) is 0 Å². The van der Waals surface area contributed by atoms with E-state index in [1.165, 1.54) is 6.07 Å². The largest absolute Gasteiger partial charge is 0.240 e. The van der Waals surface area contributed by atoms with Gasteiger partial charge in [-0.25, -0.2) is 26.7 Å². The maximum Gasteiger partial charge on any atom is 0.240 e. The fourth-order valence-electron chi connectivity index (χ4n) is 1.26. The highest BCUT2D eigenvalue weighted by Gasteiger charge is 2.17. The summed E-state index contributed by atoms with van der Waals surface area (Å²) in [6.45, 7) is 1.40. The first kappa shape index (κ1) is 15.6. The summed E-state index contributed by atoms with van der Waals surface area (Å²) in [6, 6.07) is 4.83. The van der Waals surface area contributed by atoms with Crippen molar-refractivity contribution in [2.45, 2.75) is 11.8 Å². The van der Waals surface area contributed by atoms with Gasteiger partial charge < -0.3 is 0 Å². The molecule has 0 heterocycles. The van der Waals surface area contributed by atoms with E-state index in [2.05, 4.69) is 20.7 Å². The van der Waals surface area contributed by atoms with Crippen molar-refractivity contribution in [1.82, 2.24) is 4.72 Å². The molecule has 3 N–H and O–H groups in total. The van der Waals surface area contributed by atoms with E-state index in [-0.39, 0.29) is 11.4 Å². The van der Waals surface area contributed by atoms with Crippen molar-refractivity contribution >= 4 is 36.0 Å². The number of hydrogen-bond donors (Lipinski definition) is 2. The van der Waals surface area contributed by atoms with Gasteiger partial charge in [0.2, 0.25) is 20.0 Å². The maximum atomic E-state index is 11.9. The number of nitrogens with two attached hydrogens (primary N) is 1. The molecule has 0 atom stereocenters. The predicted molar refractivity (Wildman–Crippen MR) is 72.0 cm³/mol. The summed E-state index contributed by atoms with van der Waals surface area (Å²) < 4.78 is 48.1. The Hall–Kier alpha value is -0.480. The van der Waals surface area contributed by atoms with Crippen LogP contribution in [0.1, 0.15) is 5.56 Å². The number of hydrogen-bond acceptors (Lipinski definition) is 4. The summed E-state index contributed by atoms with van der Waals surface area (Å²) in [4.78, 5) is 0.103.